The molecule has 90 valence electrons. The van der Waals surface area contributed by atoms with Gasteiger partial charge in [-0.05, 0) is 19.1 Å². The maximum Gasteiger partial charge on any atom is 0.268 e. The van der Waals surface area contributed by atoms with Crippen LogP contribution in [0.4, 0.5) is 0 Å². The van der Waals surface area contributed by atoms with Crippen molar-refractivity contribution in [1.82, 2.24) is 8.96 Å². The molecule has 0 saturated heterocycles. The first-order valence-electron chi connectivity index (χ1n) is 5.00. The van der Waals surface area contributed by atoms with E-state index in [1.807, 2.05) is 6.92 Å². The van der Waals surface area contributed by atoms with Crippen LogP contribution < -0.4 is 0 Å². The van der Waals surface area contributed by atoms with Crippen molar-refractivity contribution < 1.29 is 13.5 Å². The third kappa shape index (κ3) is 2.22. The average Bonchev–Trinajstić information content (AvgIpc) is 2.78. The van der Waals surface area contributed by atoms with E-state index in [0.717, 1.165) is 9.54 Å². The number of nitrogens with zero attached hydrogens (tertiary/aromatic N) is 2. The largest absolute Gasteiger partial charge is 0.390 e. The highest BCUT2D eigenvalue weighted by atomic mass is 32.2. The summed E-state index contributed by atoms with van der Waals surface area (Å²) in [5, 5.41) is 8.85. The molecule has 0 spiro atoms. The molecule has 5 nitrogen and oxygen atoms in total. The molecule has 6 heteroatoms. The van der Waals surface area contributed by atoms with E-state index in [4.69, 9.17) is 5.11 Å². The van der Waals surface area contributed by atoms with Crippen LogP contribution in [0.1, 0.15) is 11.3 Å². The van der Waals surface area contributed by atoms with Crippen molar-refractivity contribution in [2.24, 2.45) is 0 Å². The Morgan fingerprint density at radius 2 is 1.94 bits per heavy atom. The van der Waals surface area contributed by atoms with Crippen LogP contribution in [0, 0.1) is 6.92 Å². The summed E-state index contributed by atoms with van der Waals surface area (Å²) in [6.45, 7) is 1.61. The lowest BCUT2D eigenvalue weighted by Crippen LogP contribution is -2.10. The minimum absolute atomic E-state index is 0.199. The molecule has 0 aliphatic carbocycles. The number of rotatable bonds is 3. The SMILES string of the molecule is Cc1ccc(S(=O)(=O)n2cnc(CO)c2)cc1. The van der Waals surface area contributed by atoms with E-state index >= 15 is 0 Å². The van der Waals surface area contributed by atoms with Gasteiger partial charge in [0.05, 0.1) is 17.2 Å². The molecule has 0 aliphatic rings. The molecule has 0 saturated carbocycles. The van der Waals surface area contributed by atoms with Crippen molar-refractivity contribution in [3.05, 3.63) is 48.0 Å². The Morgan fingerprint density at radius 1 is 1.29 bits per heavy atom. The average molecular weight is 252 g/mol. The van der Waals surface area contributed by atoms with Crippen molar-refractivity contribution in [3.8, 4) is 0 Å². The smallest absolute Gasteiger partial charge is 0.268 e. The van der Waals surface area contributed by atoms with Gasteiger partial charge in [0.25, 0.3) is 10.0 Å². The van der Waals surface area contributed by atoms with Gasteiger partial charge < -0.3 is 5.11 Å². The molecule has 0 unspecified atom stereocenters. The van der Waals surface area contributed by atoms with Gasteiger partial charge in [0.15, 0.2) is 0 Å². The Labute approximate surface area is 99.4 Å². The first kappa shape index (κ1) is 11.8. The standard InChI is InChI=1S/C11H12N2O3S/c1-9-2-4-11(5-3-9)17(15,16)13-6-10(7-14)12-8-13/h2-6,8,14H,7H2,1H3. The van der Waals surface area contributed by atoms with Crippen molar-refractivity contribution >= 4 is 10.0 Å². The van der Waals surface area contributed by atoms with E-state index in [-0.39, 0.29) is 11.5 Å². The van der Waals surface area contributed by atoms with E-state index in [9.17, 15) is 8.42 Å². The summed E-state index contributed by atoms with van der Waals surface area (Å²) < 4.78 is 25.2. The Bertz CT molecular complexity index is 614. The number of aliphatic hydroxyl groups excluding tert-OH is 1. The molecule has 1 aromatic carbocycles. The van der Waals surface area contributed by atoms with E-state index in [0.29, 0.717) is 5.69 Å². The maximum absolute atomic E-state index is 12.1. The zero-order valence-electron chi connectivity index (χ0n) is 9.24. The van der Waals surface area contributed by atoms with E-state index < -0.39 is 10.0 Å². The normalized spacial score (nSPS) is 11.6. The fourth-order valence-corrected chi connectivity index (χ4v) is 2.54. The lowest BCUT2D eigenvalue weighted by atomic mass is 10.2. The molecular formula is C11H12N2O3S. The summed E-state index contributed by atoms with van der Waals surface area (Å²) in [7, 11) is -3.60. The van der Waals surface area contributed by atoms with Gasteiger partial charge in [-0.1, -0.05) is 17.7 Å². The van der Waals surface area contributed by atoms with E-state index in [2.05, 4.69) is 4.98 Å². The van der Waals surface area contributed by atoms with Crippen LogP contribution in [0.2, 0.25) is 0 Å². The van der Waals surface area contributed by atoms with Crippen LogP contribution in [0.3, 0.4) is 0 Å². The second kappa shape index (κ2) is 4.31. The molecule has 1 heterocycles. The summed E-state index contributed by atoms with van der Waals surface area (Å²) in [6, 6.07) is 6.56. The highest BCUT2D eigenvalue weighted by Crippen LogP contribution is 2.14. The highest BCUT2D eigenvalue weighted by Gasteiger charge is 2.16. The highest BCUT2D eigenvalue weighted by molar-refractivity contribution is 7.90. The Hall–Kier alpha value is -1.66. The van der Waals surface area contributed by atoms with Crippen molar-refractivity contribution in [2.75, 3.05) is 0 Å². The molecule has 2 aromatic rings. The Kier molecular flexibility index (Phi) is 2.99. The van der Waals surface area contributed by atoms with Crippen LogP contribution >= 0.6 is 0 Å². The molecule has 1 aromatic heterocycles. The summed E-state index contributed by atoms with van der Waals surface area (Å²) in [4.78, 5) is 3.98. The van der Waals surface area contributed by atoms with E-state index in [1.165, 1.54) is 12.5 Å². The van der Waals surface area contributed by atoms with Gasteiger partial charge in [0.2, 0.25) is 0 Å². The molecule has 0 amide bonds. The van der Waals surface area contributed by atoms with Gasteiger partial charge in [0.1, 0.15) is 6.33 Å². The van der Waals surface area contributed by atoms with Gasteiger partial charge in [-0.3, -0.25) is 0 Å². The van der Waals surface area contributed by atoms with Crippen molar-refractivity contribution in [3.63, 3.8) is 0 Å². The Balaban J connectivity index is 2.46. The van der Waals surface area contributed by atoms with Crippen LogP contribution in [0.25, 0.3) is 0 Å². The minimum Gasteiger partial charge on any atom is -0.390 e. The molecule has 17 heavy (non-hydrogen) atoms. The summed E-state index contributed by atoms with van der Waals surface area (Å²) in [5.74, 6) is 0. The molecule has 2 rings (SSSR count). The molecule has 0 bridgehead atoms. The molecular weight excluding hydrogens is 240 g/mol. The molecule has 0 aliphatic heterocycles. The molecule has 1 N–H and O–H groups in total. The third-order valence-electron chi connectivity index (χ3n) is 2.37. The molecule has 0 fully saturated rings. The minimum atomic E-state index is -3.60. The van der Waals surface area contributed by atoms with Gasteiger partial charge in [-0.25, -0.2) is 17.4 Å². The number of hydrogen-bond acceptors (Lipinski definition) is 4. The number of aliphatic hydroxyl groups is 1. The maximum atomic E-state index is 12.1. The van der Waals surface area contributed by atoms with Gasteiger partial charge >= 0.3 is 0 Å². The Morgan fingerprint density at radius 3 is 2.47 bits per heavy atom. The van der Waals surface area contributed by atoms with Crippen molar-refractivity contribution in [2.45, 2.75) is 18.4 Å². The lowest BCUT2D eigenvalue weighted by molar-refractivity contribution is 0.277. The predicted molar refractivity (Wildman–Crippen MR) is 61.9 cm³/mol. The van der Waals surface area contributed by atoms with Crippen LogP contribution in [0.5, 0.6) is 0 Å². The van der Waals surface area contributed by atoms with Crippen molar-refractivity contribution in [1.29, 1.82) is 0 Å². The lowest BCUT2D eigenvalue weighted by Gasteiger charge is -2.04. The zero-order chi connectivity index (χ0) is 12.5. The third-order valence-corrected chi connectivity index (χ3v) is 3.99. The zero-order valence-corrected chi connectivity index (χ0v) is 10.1. The first-order valence-corrected chi connectivity index (χ1v) is 6.44. The van der Waals surface area contributed by atoms with Gasteiger partial charge in [-0.2, -0.15) is 0 Å². The number of aryl methyl sites for hydroxylation is 1. The molecule has 0 radical (unpaired) electrons. The summed E-state index contributed by atoms with van der Waals surface area (Å²) in [6.07, 6.45) is 2.48. The number of aromatic nitrogens is 2. The molecule has 0 atom stereocenters. The predicted octanol–water partition coefficient (Wildman–Crippen LogP) is 0.921. The van der Waals surface area contributed by atoms with Crippen LogP contribution in [0.15, 0.2) is 41.7 Å². The quantitative estimate of drug-likeness (QED) is 0.881. The number of benzene rings is 1. The second-order valence-corrected chi connectivity index (χ2v) is 5.51. The number of hydrogen-bond donors (Lipinski definition) is 1. The monoisotopic (exact) mass is 252 g/mol. The summed E-state index contributed by atoms with van der Waals surface area (Å²) >= 11 is 0. The topological polar surface area (TPSA) is 72.2 Å². The van der Waals surface area contributed by atoms with Gasteiger partial charge in [0, 0.05) is 6.20 Å². The van der Waals surface area contributed by atoms with E-state index in [1.54, 1.807) is 24.3 Å². The second-order valence-electron chi connectivity index (χ2n) is 3.67. The fourth-order valence-electron chi connectivity index (χ4n) is 1.39. The van der Waals surface area contributed by atoms with Crippen LogP contribution in [-0.4, -0.2) is 22.5 Å². The van der Waals surface area contributed by atoms with Gasteiger partial charge in [-0.15, -0.1) is 0 Å². The fraction of sp³-hybridized carbons (Fsp3) is 0.182. The van der Waals surface area contributed by atoms with Crippen LogP contribution in [-0.2, 0) is 16.6 Å². The first-order chi connectivity index (χ1) is 8.04. The summed E-state index contributed by atoms with van der Waals surface area (Å²) in [5.41, 5.74) is 1.31. The number of imidazole rings is 1.